The number of aryl methyl sites for hydroxylation is 1. The van der Waals surface area contributed by atoms with Crippen LogP contribution in [0, 0.1) is 28.4 Å². The Bertz CT molecular complexity index is 1080. The molecule has 0 saturated heterocycles. The highest BCUT2D eigenvalue weighted by Crippen LogP contribution is 2.28. The van der Waals surface area contributed by atoms with E-state index in [9.17, 15) is 15.4 Å². The summed E-state index contributed by atoms with van der Waals surface area (Å²) in [6, 6.07) is 14.2. The fraction of sp³-hybridized carbons (Fsp3) is 0.100. The summed E-state index contributed by atoms with van der Waals surface area (Å²) in [7, 11) is 1.61. The molecule has 3 aromatic rings. The smallest absolute Gasteiger partial charge is 0.269 e. The standard InChI is InChI=1S/C20H16N4O3S/c1-13-9-16(24(25)26)5-8-18(13)22-11-15(10-21)20-23-19(12-28-20)14-3-6-17(27-2)7-4-14/h3-9,11-12,22H,1-2H3. The van der Waals surface area contributed by atoms with Crippen LogP contribution in [0.1, 0.15) is 10.6 Å². The van der Waals surface area contributed by atoms with Gasteiger partial charge in [-0.25, -0.2) is 4.98 Å². The molecular weight excluding hydrogens is 376 g/mol. The number of thiazole rings is 1. The molecule has 1 heterocycles. The zero-order valence-electron chi connectivity index (χ0n) is 15.2. The molecule has 0 fully saturated rings. The average Bonchev–Trinajstić information content (AvgIpc) is 3.19. The van der Waals surface area contributed by atoms with Gasteiger partial charge in [0.15, 0.2) is 0 Å². The molecule has 0 atom stereocenters. The van der Waals surface area contributed by atoms with Crippen molar-refractivity contribution in [2.75, 3.05) is 12.4 Å². The van der Waals surface area contributed by atoms with E-state index in [1.807, 2.05) is 29.6 Å². The Hall–Kier alpha value is -3.70. The van der Waals surface area contributed by atoms with Crippen molar-refractivity contribution in [1.82, 2.24) is 4.98 Å². The van der Waals surface area contributed by atoms with Gasteiger partial charge >= 0.3 is 0 Å². The Kier molecular flexibility index (Phi) is 5.67. The maximum absolute atomic E-state index is 10.8. The van der Waals surface area contributed by atoms with E-state index in [-0.39, 0.29) is 5.69 Å². The number of non-ortho nitro benzene ring substituents is 1. The molecule has 0 unspecified atom stereocenters. The van der Waals surface area contributed by atoms with E-state index >= 15 is 0 Å². The van der Waals surface area contributed by atoms with E-state index < -0.39 is 4.92 Å². The fourth-order valence-corrected chi connectivity index (χ4v) is 3.30. The lowest BCUT2D eigenvalue weighted by molar-refractivity contribution is -0.384. The molecule has 1 N–H and O–H groups in total. The van der Waals surface area contributed by atoms with Gasteiger partial charge in [-0.15, -0.1) is 11.3 Å². The van der Waals surface area contributed by atoms with Gasteiger partial charge in [0.2, 0.25) is 0 Å². The maximum Gasteiger partial charge on any atom is 0.269 e. The third-order valence-electron chi connectivity index (χ3n) is 4.03. The molecule has 0 amide bonds. The highest BCUT2D eigenvalue weighted by Gasteiger charge is 2.11. The average molecular weight is 392 g/mol. The van der Waals surface area contributed by atoms with Gasteiger partial charge < -0.3 is 10.1 Å². The minimum absolute atomic E-state index is 0.0246. The first-order valence-corrected chi connectivity index (χ1v) is 9.12. The van der Waals surface area contributed by atoms with Gasteiger partial charge in [-0.1, -0.05) is 0 Å². The summed E-state index contributed by atoms with van der Waals surface area (Å²) in [5.74, 6) is 0.763. The number of methoxy groups -OCH3 is 1. The zero-order valence-corrected chi connectivity index (χ0v) is 16.0. The van der Waals surface area contributed by atoms with E-state index in [0.717, 1.165) is 17.0 Å². The van der Waals surface area contributed by atoms with Crippen molar-refractivity contribution in [3.05, 3.63) is 74.7 Å². The van der Waals surface area contributed by atoms with E-state index in [4.69, 9.17) is 4.74 Å². The molecule has 7 nitrogen and oxygen atoms in total. The number of nitro groups is 1. The molecule has 0 aliphatic rings. The predicted molar refractivity (Wildman–Crippen MR) is 109 cm³/mol. The lowest BCUT2D eigenvalue weighted by Gasteiger charge is -2.05. The van der Waals surface area contributed by atoms with Gasteiger partial charge in [-0.05, 0) is 42.8 Å². The number of rotatable bonds is 6. The van der Waals surface area contributed by atoms with Crippen LogP contribution in [0.4, 0.5) is 11.4 Å². The number of anilines is 1. The van der Waals surface area contributed by atoms with Gasteiger partial charge in [0, 0.05) is 35.0 Å². The maximum atomic E-state index is 10.8. The van der Waals surface area contributed by atoms with Crippen molar-refractivity contribution < 1.29 is 9.66 Å². The van der Waals surface area contributed by atoms with Crippen LogP contribution in [0.15, 0.2) is 54.0 Å². The van der Waals surface area contributed by atoms with Crippen LogP contribution in [0.25, 0.3) is 16.8 Å². The van der Waals surface area contributed by atoms with Gasteiger partial charge in [-0.2, -0.15) is 5.26 Å². The van der Waals surface area contributed by atoms with Crippen LogP contribution in [-0.2, 0) is 0 Å². The second-order valence-electron chi connectivity index (χ2n) is 5.84. The van der Waals surface area contributed by atoms with E-state index in [0.29, 0.717) is 21.8 Å². The quantitative estimate of drug-likeness (QED) is 0.359. The third-order valence-corrected chi connectivity index (χ3v) is 4.91. The second kappa shape index (κ2) is 8.33. The summed E-state index contributed by atoms with van der Waals surface area (Å²) in [4.78, 5) is 14.9. The fourth-order valence-electron chi connectivity index (χ4n) is 2.51. The molecule has 0 aliphatic carbocycles. The number of hydrogen-bond donors (Lipinski definition) is 1. The molecule has 1 aromatic heterocycles. The van der Waals surface area contributed by atoms with E-state index in [1.54, 1.807) is 26.3 Å². The first-order valence-electron chi connectivity index (χ1n) is 8.24. The molecule has 0 saturated carbocycles. The summed E-state index contributed by atoms with van der Waals surface area (Å²) in [5, 5.41) is 25.8. The molecule has 8 heteroatoms. The number of allylic oxidation sites excluding steroid dienone is 1. The molecule has 0 aliphatic heterocycles. The Morgan fingerprint density at radius 1 is 1.32 bits per heavy atom. The highest BCUT2D eigenvalue weighted by molar-refractivity contribution is 7.11. The zero-order chi connectivity index (χ0) is 20.1. The van der Waals surface area contributed by atoms with E-state index in [2.05, 4.69) is 16.4 Å². The van der Waals surface area contributed by atoms with Crippen molar-refractivity contribution in [2.24, 2.45) is 0 Å². The number of aromatic nitrogens is 1. The third kappa shape index (κ3) is 4.16. The Balaban J connectivity index is 1.81. The lowest BCUT2D eigenvalue weighted by Crippen LogP contribution is -1.95. The normalized spacial score (nSPS) is 11.0. The lowest BCUT2D eigenvalue weighted by atomic mass is 10.1. The summed E-state index contributed by atoms with van der Waals surface area (Å²) >= 11 is 1.37. The number of nitro benzene ring substituents is 1. The SMILES string of the molecule is COc1ccc(-c2csc(C(C#N)=CNc3ccc([N+](=O)[O-])cc3C)n2)cc1. The molecule has 2 aromatic carbocycles. The van der Waals surface area contributed by atoms with Gasteiger partial charge in [0.25, 0.3) is 5.69 Å². The van der Waals surface area contributed by atoms with Crippen LogP contribution in [-0.4, -0.2) is 17.0 Å². The molecule has 28 heavy (non-hydrogen) atoms. The van der Waals surface area contributed by atoms with Crippen molar-refractivity contribution in [3.8, 4) is 23.1 Å². The number of hydrogen-bond acceptors (Lipinski definition) is 7. The molecular formula is C20H16N4O3S. The highest BCUT2D eigenvalue weighted by atomic mass is 32.1. The van der Waals surface area contributed by atoms with E-state index in [1.165, 1.54) is 23.5 Å². The summed E-state index contributed by atoms with van der Waals surface area (Å²) in [6.45, 7) is 1.76. The number of nitrogens with one attached hydrogen (secondary N) is 1. The van der Waals surface area contributed by atoms with Crippen LogP contribution in [0.5, 0.6) is 5.75 Å². The Labute approximate surface area is 165 Å². The Morgan fingerprint density at radius 3 is 2.68 bits per heavy atom. The minimum atomic E-state index is -0.441. The number of ether oxygens (including phenoxy) is 1. The first kappa shape index (κ1) is 19.1. The molecule has 140 valence electrons. The first-order chi connectivity index (χ1) is 13.5. The van der Waals surface area contributed by atoms with Crippen LogP contribution < -0.4 is 10.1 Å². The second-order valence-corrected chi connectivity index (χ2v) is 6.69. The van der Waals surface area contributed by atoms with Crippen molar-refractivity contribution in [2.45, 2.75) is 6.92 Å². The monoisotopic (exact) mass is 392 g/mol. The van der Waals surface area contributed by atoms with Crippen molar-refractivity contribution in [1.29, 1.82) is 5.26 Å². The topological polar surface area (TPSA) is 101 Å². The van der Waals surface area contributed by atoms with Crippen LogP contribution >= 0.6 is 11.3 Å². The summed E-state index contributed by atoms with van der Waals surface area (Å²) in [5.41, 5.74) is 3.50. The summed E-state index contributed by atoms with van der Waals surface area (Å²) in [6.07, 6.45) is 1.56. The van der Waals surface area contributed by atoms with Gasteiger partial charge in [-0.3, -0.25) is 10.1 Å². The van der Waals surface area contributed by atoms with Crippen molar-refractivity contribution >= 4 is 28.3 Å². The molecule has 3 rings (SSSR count). The van der Waals surface area contributed by atoms with Gasteiger partial charge in [0.1, 0.15) is 22.4 Å². The number of nitrogens with zero attached hydrogens (tertiary/aromatic N) is 3. The minimum Gasteiger partial charge on any atom is -0.497 e. The van der Waals surface area contributed by atoms with Crippen molar-refractivity contribution in [3.63, 3.8) is 0 Å². The largest absolute Gasteiger partial charge is 0.497 e. The number of benzene rings is 2. The van der Waals surface area contributed by atoms with Crippen LogP contribution in [0.3, 0.4) is 0 Å². The van der Waals surface area contributed by atoms with Crippen LogP contribution in [0.2, 0.25) is 0 Å². The predicted octanol–water partition coefficient (Wildman–Crippen LogP) is 5.01. The molecule has 0 spiro atoms. The summed E-state index contributed by atoms with van der Waals surface area (Å²) < 4.78 is 5.15. The molecule has 0 bridgehead atoms. The molecule has 0 radical (unpaired) electrons. The Morgan fingerprint density at radius 2 is 2.07 bits per heavy atom. The van der Waals surface area contributed by atoms with Gasteiger partial charge in [0.05, 0.1) is 17.7 Å². The number of nitriles is 1.